The summed E-state index contributed by atoms with van der Waals surface area (Å²) in [5.41, 5.74) is 0.435. The minimum absolute atomic E-state index is 0.000231. The van der Waals surface area contributed by atoms with E-state index in [1.165, 1.54) is 6.26 Å². The van der Waals surface area contributed by atoms with Gasteiger partial charge in [-0.3, -0.25) is 9.36 Å². The molecule has 0 saturated carbocycles. The summed E-state index contributed by atoms with van der Waals surface area (Å²) in [6, 6.07) is 1.67. The fourth-order valence-corrected chi connectivity index (χ4v) is 1.75. The Balaban J connectivity index is 2.42. The van der Waals surface area contributed by atoms with Gasteiger partial charge in [-0.2, -0.15) is 4.98 Å². The highest BCUT2D eigenvalue weighted by atomic mass is 16.3. The number of hydrogen-bond donors (Lipinski definition) is 1. The molecule has 2 aromatic heterocycles. The molecule has 0 bridgehead atoms. The van der Waals surface area contributed by atoms with Crippen LogP contribution in [-0.2, 0) is 13.1 Å². The number of nitrogens with zero attached hydrogens (tertiary/aromatic N) is 2. The van der Waals surface area contributed by atoms with Crippen molar-refractivity contribution in [3.05, 3.63) is 28.5 Å². The zero-order valence-electron chi connectivity index (χ0n) is 7.49. The number of aromatic nitrogens is 2. The minimum Gasteiger partial charge on any atom is -0.446 e. The average molecular weight is 191 g/mol. The van der Waals surface area contributed by atoms with Crippen LogP contribution in [0, 0.1) is 0 Å². The molecule has 0 aliphatic carbocycles. The Morgan fingerprint density at radius 2 is 2.50 bits per heavy atom. The predicted octanol–water partition coefficient (Wildman–Crippen LogP) is 0.0927. The molecular formula is C9H9N3O2. The van der Waals surface area contributed by atoms with Crippen LogP contribution in [0.5, 0.6) is 0 Å². The lowest BCUT2D eigenvalue weighted by Gasteiger charge is -2.17. The fraction of sp³-hybridized carbons (Fsp3) is 0.333. The third-order valence-electron chi connectivity index (χ3n) is 2.46. The van der Waals surface area contributed by atoms with Crippen LogP contribution in [0.4, 0.5) is 0 Å². The minimum atomic E-state index is 0.000231. The van der Waals surface area contributed by atoms with Crippen LogP contribution in [0.25, 0.3) is 11.1 Å². The molecule has 0 radical (unpaired) electrons. The lowest BCUT2D eigenvalue weighted by atomic mass is 10.3. The summed E-state index contributed by atoms with van der Waals surface area (Å²) in [7, 11) is 0. The van der Waals surface area contributed by atoms with Crippen molar-refractivity contribution in [2.75, 3.05) is 6.54 Å². The maximum Gasteiger partial charge on any atom is 0.264 e. The summed E-state index contributed by atoms with van der Waals surface area (Å²) in [5, 5.41) is 3.73. The van der Waals surface area contributed by atoms with Crippen LogP contribution in [0.1, 0.15) is 5.82 Å². The standard InChI is InChI=1S/C9H9N3O2/c13-9-6-1-4-14-8(6)11-7-5-10-2-3-12(7)9/h1,4,10H,2-3,5H2. The number of furan rings is 1. The van der Waals surface area contributed by atoms with Crippen molar-refractivity contribution in [3.63, 3.8) is 0 Å². The van der Waals surface area contributed by atoms with Crippen molar-refractivity contribution in [3.8, 4) is 0 Å². The van der Waals surface area contributed by atoms with Crippen LogP contribution in [0.3, 0.4) is 0 Å². The predicted molar refractivity (Wildman–Crippen MR) is 50.0 cm³/mol. The Morgan fingerprint density at radius 3 is 3.43 bits per heavy atom. The zero-order chi connectivity index (χ0) is 9.54. The van der Waals surface area contributed by atoms with Gasteiger partial charge in [0.25, 0.3) is 5.56 Å². The monoisotopic (exact) mass is 191 g/mol. The first kappa shape index (κ1) is 7.75. The Labute approximate surface area is 79.4 Å². The van der Waals surface area contributed by atoms with Crippen molar-refractivity contribution in [1.82, 2.24) is 14.9 Å². The number of nitrogens with one attached hydrogen (secondary N) is 1. The van der Waals surface area contributed by atoms with E-state index in [0.29, 0.717) is 24.2 Å². The van der Waals surface area contributed by atoms with Crippen LogP contribution in [-0.4, -0.2) is 16.1 Å². The van der Waals surface area contributed by atoms with Crippen molar-refractivity contribution in [2.24, 2.45) is 0 Å². The Hall–Kier alpha value is -1.62. The van der Waals surface area contributed by atoms with E-state index in [1.54, 1.807) is 10.6 Å². The molecule has 1 aliphatic heterocycles. The highest BCUT2D eigenvalue weighted by molar-refractivity contribution is 5.71. The van der Waals surface area contributed by atoms with Crippen LogP contribution in [0.2, 0.25) is 0 Å². The van der Waals surface area contributed by atoms with Crippen molar-refractivity contribution in [1.29, 1.82) is 0 Å². The molecule has 2 aromatic rings. The molecule has 1 aliphatic rings. The van der Waals surface area contributed by atoms with Crippen LogP contribution >= 0.6 is 0 Å². The molecule has 0 fully saturated rings. The second-order valence-electron chi connectivity index (χ2n) is 3.30. The Morgan fingerprint density at radius 1 is 1.57 bits per heavy atom. The fourth-order valence-electron chi connectivity index (χ4n) is 1.75. The molecule has 0 aromatic carbocycles. The number of fused-ring (bicyclic) bond motifs is 2. The molecule has 0 atom stereocenters. The second-order valence-corrected chi connectivity index (χ2v) is 3.30. The molecule has 0 spiro atoms. The summed E-state index contributed by atoms with van der Waals surface area (Å²) in [6.45, 7) is 2.13. The summed E-state index contributed by atoms with van der Waals surface area (Å²) < 4.78 is 6.82. The lowest BCUT2D eigenvalue weighted by Crippen LogP contribution is -2.36. The molecule has 72 valence electrons. The normalized spacial score (nSPS) is 15.7. The van der Waals surface area contributed by atoms with Crippen molar-refractivity contribution in [2.45, 2.75) is 13.1 Å². The van der Waals surface area contributed by atoms with Gasteiger partial charge in [-0.05, 0) is 6.07 Å². The van der Waals surface area contributed by atoms with Crippen molar-refractivity contribution >= 4 is 11.1 Å². The van der Waals surface area contributed by atoms with Gasteiger partial charge in [-0.15, -0.1) is 0 Å². The largest absolute Gasteiger partial charge is 0.446 e. The molecule has 14 heavy (non-hydrogen) atoms. The molecule has 3 heterocycles. The van der Waals surface area contributed by atoms with Gasteiger partial charge < -0.3 is 9.73 Å². The van der Waals surface area contributed by atoms with Gasteiger partial charge in [0.05, 0.1) is 12.8 Å². The van der Waals surface area contributed by atoms with E-state index in [2.05, 4.69) is 10.3 Å². The molecule has 3 rings (SSSR count). The first-order valence-electron chi connectivity index (χ1n) is 4.54. The van der Waals surface area contributed by atoms with E-state index in [1.807, 2.05) is 0 Å². The summed E-state index contributed by atoms with van der Waals surface area (Å²) in [5.74, 6) is 0.753. The van der Waals surface area contributed by atoms with E-state index in [4.69, 9.17) is 4.42 Å². The summed E-state index contributed by atoms with van der Waals surface area (Å²) in [6.07, 6.45) is 1.50. The van der Waals surface area contributed by atoms with E-state index in [0.717, 1.165) is 12.4 Å². The highest BCUT2D eigenvalue weighted by Crippen LogP contribution is 2.10. The Kier molecular flexibility index (Phi) is 1.49. The topological polar surface area (TPSA) is 60.1 Å². The zero-order valence-corrected chi connectivity index (χ0v) is 7.49. The van der Waals surface area contributed by atoms with Gasteiger partial charge in [0.2, 0.25) is 5.71 Å². The van der Waals surface area contributed by atoms with E-state index in [-0.39, 0.29) is 5.56 Å². The first-order valence-corrected chi connectivity index (χ1v) is 4.54. The van der Waals surface area contributed by atoms with Crippen LogP contribution in [0.15, 0.2) is 21.5 Å². The number of rotatable bonds is 0. The highest BCUT2D eigenvalue weighted by Gasteiger charge is 2.15. The molecule has 0 amide bonds. The molecule has 0 unspecified atom stereocenters. The van der Waals surface area contributed by atoms with E-state index in [9.17, 15) is 4.79 Å². The smallest absolute Gasteiger partial charge is 0.264 e. The molecule has 1 N–H and O–H groups in total. The Bertz CT molecular complexity index is 540. The van der Waals surface area contributed by atoms with Gasteiger partial charge in [0, 0.05) is 13.1 Å². The van der Waals surface area contributed by atoms with Gasteiger partial charge in [-0.1, -0.05) is 0 Å². The molecule has 5 heteroatoms. The third kappa shape index (κ3) is 0.927. The maximum atomic E-state index is 11.9. The van der Waals surface area contributed by atoms with Gasteiger partial charge in [0.15, 0.2) is 0 Å². The summed E-state index contributed by atoms with van der Waals surface area (Å²) >= 11 is 0. The quantitative estimate of drug-likeness (QED) is 0.641. The lowest BCUT2D eigenvalue weighted by molar-refractivity contribution is 0.480. The van der Waals surface area contributed by atoms with Gasteiger partial charge in [0.1, 0.15) is 11.2 Å². The van der Waals surface area contributed by atoms with E-state index >= 15 is 0 Å². The third-order valence-corrected chi connectivity index (χ3v) is 2.46. The van der Waals surface area contributed by atoms with E-state index < -0.39 is 0 Å². The van der Waals surface area contributed by atoms with Gasteiger partial charge >= 0.3 is 0 Å². The first-order chi connectivity index (χ1) is 6.86. The second kappa shape index (κ2) is 2.68. The maximum absolute atomic E-state index is 11.9. The molecule has 5 nitrogen and oxygen atoms in total. The molecule has 0 saturated heterocycles. The summed E-state index contributed by atoms with van der Waals surface area (Å²) in [4.78, 5) is 16.1. The SMILES string of the molecule is O=c1c2ccoc2nc2n1CCNC2. The van der Waals surface area contributed by atoms with Crippen LogP contribution < -0.4 is 10.9 Å². The average Bonchev–Trinajstić information content (AvgIpc) is 2.66. The molecular weight excluding hydrogens is 182 g/mol. The van der Waals surface area contributed by atoms with Crippen molar-refractivity contribution < 1.29 is 4.42 Å². The van der Waals surface area contributed by atoms with Gasteiger partial charge in [-0.25, -0.2) is 0 Å². The number of hydrogen-bond acceptors (Lipinski definition) is 4.